The quantitative estimate of drug-likeness (QED) is 0.746. The largest absolute Gasteiger partial charge is 0.494 e. The SMILES string of the molecule is CCOc1ccccc1CNS(=O)(=O)c1ccc2c(c1)CN(C(=O)C(F)(F)F)CC2. The number of nitrogens with one attached hydrogen (secondary N) is 1. The zero-order chi connectivity index (χ0) is 21.9. The first-order valence-electron chi connectivity index (χ1n) is 9.30. The summed E-state index contributed by atoms with van der Waals surface area (Å²) in [6.07, 6.45) is -4.73. The average molecular weight is 442 g/mol. The van der Waals surface area contributed by atoms with Crippen LogP contribution in [0.1, 0.15) is 23.6 Å². The number of carbonyl (C=O) groups excluding carboxylic acids is 1. The van der Waals surface area contributed by atoms with Crippen molar-refractivity contribution in [3.63, 3.8) is 0 Å². The van der Waals surface area contributed by atoms with E-state index in [1.807, 2.05) is 6.92 Å². The standard InChI is InChI=1S/C20H21F3N2O4S/c1-2-29-18-6-4-3-5-15(18)12-24-30(27,28)17-8-7-14-9-10-25(13-16(14)11-17)19(26)20(21,22)23/h3-8,11,24H,2,9-10,12-13H2,1H3. The van der Waals surface area contributed by atoms with Gasteiger partial charge in [0, 0.05) is 25.2 Å². The molecule has 2 aromatic carbocycles. The zero-order valence-corrected chi connectivity index (χ0v) is 17.0. The van der Waals surface area contributed by atoms with Gasteiger partial charge in [-0.3, -0.25) is 4.79 Å². The first-order valence-corrected chi connectivity index (χ1v) is 10.8. The van der Waals surface area contributed by atoms with Crippen molar-refractivity contribution in [1.29, 1.82) is 0 Å². The Bertz CT molecular complexity index is 1040. The van der Waals surface area contributed by atoms with Gasteiger partial charge in [0.2, 0.25) is 10.0 Å². The lowest BCUT2D eigenvalue weighted by Gasteiger charge is -2.29. The maximum atomic E-state index is 12.7. The van der Waals surface area contributed by atoms with Gasteiger partial charge in [0.1, 0.15) is 5.75 Å². The Morgan fingerprint density at radius 3 is 2.60 bits per heavy atom. The molecule has 30 heavy (non-hydrogen) atoms. The molecular weight excluding hydrogens is 421 g/mol. The molecule has 0 bridgehead atoms. The Morgan fingerprint density at radius 2 is 1.90 bits per heavy atom. The van der Waals surface area contributed by atoms with Gasteiger partial charge >= 0.3 is 12.1 Å². The van der Waals surface area contributed by atoms with Gasteiger partial charge < -0.3 is 9.64 Å². The van der Waals surface area contributed by atoms with Crippen LogP contribution < -0.4 is 9.46 Å². The molecule has 0 radical (unpaired) electrons. The summed E-state index contributed by atoms with van der Waals surface area (Å²) in [6, 6.07) is 11.3. The fourth-order valence-corrected chi connectivity index (χ4v) is 4.31. The van der Waals surface area contributed by atoms with Crippen LogP contribution >= 0.6 is 0 Å². The minimum Gasteiger partial charge on any atom is -0.494 e. The third-order valence-corrected chi connectivity index (χ3v) is 6.15. The van der Waals surface area contributed by atoms with Crippen molar-refractivity contribution in [2.45, 2.75) is 37.5 Å². The molecule has 0 spiro atoms. The number of carbonyl (C=O) groups is 1. The molecule has 0 unspecified atom stereocenters. The monoisotopic (exact) mass is 442 g/mol. The number of nitrogens with zero attached hydrogens (tertiary/aromatic N) is 1. The number of halogens is 3. The Labute approximate surface area is 172 Å². The van der Waals surface area contributed by atoms with Gasteiger partial charge in [0.25, 0.3) is 0 Å². The average Bonchev–Trinajstić information content (AvgIpc) is 2.71. The normalized spacial score (nSPS) is 14.3. The van der Waals surface area contributed by atoms with Crippen molar-refractivity contribution in [2.75, 3.05) is 13.2 Å². The highest BCUT2D eigenvalue weighted by Crippen LogP contribution is 2.27. The van der Waals surface area contributed by atoms with E-state index in [1.54, 1.807) is 30.3 Å². The second-order valence-corrected chi connectivity index (χ2v) is 8.54. The molecule has 0 aromatic heterocycles. The summed E-state index contributed by atoms with van der Waals surface area (Å²) in [4.78, 5) is 12.1. The number of ether oxygens (including phenoxy) is 1. The van der Waals surface area contributed by atoms with E-state index in [-0.39, 0.29) is 31.0 Å². The van der Waals surface area contributed by atoms with Crippen molar-refractivity contribution in [2.24, 2.45) is 0 Å². The predicted octanol–water partition coefficient (Wildman–Crippen LogP) is 3.01. The van der Waals surface area contributed by atoms with E-state index >= 15 is 0 Å². The third-order valence-electron chi connectivity index (χ3n) is 4.76. The van der Waals surface area contributed by atoms with Crippen LogP contribution in [0.5, 0.6) is 5.75 Å². The van der Waals surface area contributed by atoms with Gasteiger partial charge in [-0.05, 0) is 42.7 Å². The molecule has 1 aliphatic heterocycles. The Balaban J connectivity index is 1.78. The lowest BCUT2D eigenvalue weighted by atomic mass is 10.00. The third kappa shape index (κ3) is 4.93. The van der Waals surface area contributed by atoms with Gasteiger partial charge in [0.05, 0.1) is 11.5 Å². The van der Waals surface area contributed by atoms with Crippen molar-refractivity contribution < 1.29 is 31.1 Å². The number of sulfonamides is 1. The molecule has 1 N–H and O–H groups in total. The van der Waals surface area contributed by atoms with Crippen LogP contribution in [-0.2, 0) is 34.3 Å². The van der Waals surface area contributed by atoms with Crippen molar-refractivity contribution in [3.05, 3.63) is 59.2 Å². The lowest BCUT2D eigenvalue weighted by molar-refractivity contribution is -0.186. The molecule has 1 aliphatic rings. The van der Waals surface area contributed by atoms with E-state index in [0.29, 0.717) is 28.4 Å². The van der Waals surface area contributed by atoms with Crippen LogP contribution in [-0.4, -0.2) is 38.6 Å². The van der Waals surface area contributed by atoms with E-state index < -0.39 is 22.1 Å². The van der Waals surface area contributed by atoms with E-state index in [0.717, 1.165) is 5.56 Å². The molecule has 1 heterocycles. The minimum absolute atomic E-state index is 0.00568. The summed E-state index contributed by atoms with van der Waals surface area (Å²) in [5.74, 6) is -1.36. The highest BCUT2D eigenvalue weighted by atomic mass is 32.2. The van der Waals surface area contributed by atoms with Gasteiger partial charge in [-0.25, -0.2) is 13.1 Å². The number of fused-ring (bicyclic) bond motifs is 1. The topological polar surface area (TPSA) is 75.7 Å². The first kappa shape index (κ1) is 22.1. The second kappa shape index (κ2) is 8.65. The van der Waals surface area contributed by atoms with Crippen LogP contribution in [0.4, 0.5) is 13.2 Å². The maximum absolute atomic E-state index is 12.7. The van der Waals surface area contributed by atoms with Gasteiger partial charge in [-0.15, -0.1) is 0 Å². The van der Waals surface area contributed by atoms with Crippen LogP contribution in [0.25, 0.3) is 0 Å². The molecule has 6 nitrogen and oxygen atoms in total. The summed E-state index contributed by atoms with van der Waals surface area (Å²) in [6.45, 7) is 1.89. The van der Waals surface area contributed by atoms with Crippen LogP contribution in [0.3, 0.4) is 0 Å². The zero-order valence-electron chi connectivity index (χ0n) is 16.2. The predicted molar refractivity (Wildman–Crippen MR) is 103 cm³/mol. The highest BCUT2D eigenvalue weighted by molar-refractivity contribution is 7.89. The molecule has 0 saturated heterocycles. The van der Waals surface area contributed by atoms with Crippen molar-refractivity contribution in [3.8, 4) is 5.75 Å². The lowest BCUT2D eigenvalue weighted by Crippen LogP contribution is -2.43. The van der Waals surface area contributed by atoms with E-state index in [9.17, 15) is 26.4 Å². The van der Waals surface area contributed by atoms with E-state index in [4.69, 9.17) is 4.74 Å². The fraction of sp³-hybridized carbons (Fsp3) is 0.350. The van der Waals surface area contributed by atoms with Gasteiger partial charge in [-0.2, -0.15) is 13.2 Å². The Morgan fingerprint density at radius 1 is 1.17 bits per heavy atom. The summed E-state index contributed by atoms with van der Waals surface area (Å²) < 4.78 is 71.6. The number of amides is 1. The number of benzene rings is 2. The van der Waals surface area contributed by atoms with E-state index in [2.05, 4.69) is 4.72 Å². The molecule has 10 heteroatoms. The molecule has 0 fully saturated rings. The van der Waals surface area contributed by atoms with Crippen LogP contribution in [0.2, 0.25) is 0 Å². The Hall–Kier alpha value is -2.59. The van der Waals surface area contributed by atoms with Crippen LogP contribution in [0, 0.1) is 0 Å². The molecule has 3 rings (SSSR count). The minimum atomic E-state index is -4.96. The fourth-order valence-electron chi connectivity index (χ4n) is 3.26. The summed E-state index contributed by atoms with van der Waals surface area (Å²) in [5.41, 5.74) is 1.76. The highest BCUT2D eigenvalue weighted by Gasteiger charge is 2.43. The maximum Gasteiger partial charge on any atom is 0.471 e. The first-order chi connectivity index (χ1) is 14.1. The summed E-state index contributed by atoms with van der Waals surface area (Å²) >= 11 is 0. The molecule has 0 atom stereocenters. The van der Waals surface area contributed by atoms with E-state index in [1.165, 1.54) is 12.1 Å². The van der Waals surface area contributed by atoms with Gasteiger partial charge in [-0.1, -0.05) is 24.3 Å². The summed E-state index contributed by atoms with van der Waals surface area (Å²) in [5, 5.41) is 0. The second-order valence-electron chi connectivity index (χ2n) is 6.77. The molecule has 162 valence electrons. The molecule has 0 aliphatic carbocycles. The number of hydrogen-bond donors (Lipinski definition) is 1. The molecular formula is C20H21F3N2O4S. The van der Waals surface area contributed by atoms with Crippen LogP contribution in [0.15, 0.2) is 47.4 Å². The van der Waals surface area contributed by atoms with Crippen molar-refractivity contribution >= 4 is 15.9 Å². The number of hydrogen-bond acceptors (Lipinski definition) is 4. The smallest absolute Gasteiger partial charge is 0.471 e. The van der Waals surface area contributed by atoms with Crippen molar-refractivity contribution in [1.82, 2.24) is 9.62 Å². The Kier molecular flexibility index (Phi) is 6.37. The number of rotatable bonds is 6. The number of alkyl halides is 3. The molecule has 2 aromatic rings. The number of para-hydroxylation sites is 1. The van der Waals surface area contributed by atoms with Gasteiger partial charge in [0.15, 0.2) is 0 Å². The molecule has 0 saturated carbocycles. The molecule has 1 amide bonds. The summed E-state index contributed by atoms with van der Waals surface area (Å²) in [7, 11) is -3.92.